The van der Waals surface area contributed by atoms with Crippen molar-refractivity contribution in [3.63, 3.8) is 0 Å². The zero-order valence-electron chi connectivity index (χ0n) is 17.0. The lowest BCUT2D eigenvalue weighted by molar-refractivity contribution is -0.131. The van der Waals surface area contributed by atoms with E-state index in [0.29, 0.717) is 19.8 Å². The number of ether oxygens (including phenoxy) is 3. The van der Waals surface area contributed by atoms with Crippen LogP contribution in [0.5, 0.6) is 17.2 Å². The topological polar surface area (TPSA) is 48.0 Å². The number of rotatable bonds is 5. The van der Waals surface area contributed by atoms with Gasteiger partial charge in [0.1, 0.15) is 19.0 Å². The molecule has 0 saturated carbocycles. The average molecular weight is 391 g/mol. The number of nitrogens with zero attached hydrogens (tertiary/aromatic N) is 1. The fourth-order valence-electron chi connectivity index (χ4n) is 3.65. The van der Waals surface area contributed by atoms with E-state index in [1.165, 1.54) is 0 Å². The molecule has 0 bridgehead atoms. The first-order valence-electron chi connectivity index (χ1n) is 9.76. The summed E-state index contributed by atoms with van der Waals surface area (Å²) in [5.74, 6) is 2.17. The maximum absolute atomic E-state index is 13.0. The molecule has 29 heavy (non-hydrogen) atoms. The van der Waals surface area contributed by atoms with Gasteiger partial charge in [-0.05, 0) is 53.1 Å². The highest BCUT2D eigenvalue weighted by atomic mass is 16.6. The first kappa shape index (κ1) is 19.1. The third-order valence-electron chi connectivity index (χ3n) is 5.34. The normalized spacial score (nSPS) is 13.8. The lowest BCUT2D eigenvalue weighted by Crippen LogP contribution is -2.30. The third-order valence-corrected chi connectivity index (χ3v) is 5.34. The minimum Gasteiger partial charge on any atom is -0.497 e. The Labute approximate surface area is 170 Å². The first-order valence-corrected chi connectivity index (χ1v) is 9.76. The molecule has 1 unspecified atom stereocenters. The number of methoxy groups -OCH3 is 1. The van der Waals surface area contributed by atoms with Crippen molar-refractivity contribution in [1.82, 2.24) is 4.90 Å². The van der Waals surface area contributed by atoms with Gasteiger partial charge in [0.05, 0.1) is 13.0 Å². The van der Waals surface area contributed by atoms with Gasteiger partial charge in [0.2, 0.25) is 5.91 Å². The molecule has 0 aromatic heterocycles. The molecule has 1 atom stereocenters. The van der Waals surface area contributed by atoms with Gasteiger partial charge in [0.25, 0.3) is 0 Å². The molecule has 0 spiro atoms. The van der Waals surface area contributed by atoms with E-state index in [2.05, 4.69) is 6.07 Å². The van der Waals surface area contributed by atoms with Crippen molar-refractivity contribution in [2.24, 2.45) is 0 Å². The predicted octanol–water partition coefficient (Wildman–Crippen LogP) is 4.38. The van der Waals surface area contributed by atoms with Crippen LogP contribution in [0.3, 0.4) is 0 Å². The molecule has 5 nitrogen and oxygen atoms in total. The summed E-state index contributed by atoms with van der Waals surface area (Å²) in [6.07, 6.45) is 0. The smallest absolute Gasteiger partial charge is 0.229 e. The maximum Gasteiger partial charge on any atom is 0.229 e. The Morgan fingerprint density at radius 2 is 1.72 bits per heavy atom. The largest absolute Gasteiger partial charge is 0.497 e. The molecule has 0 fully saturated rings. The molecular formula is C24H25NO4. The number of benzene rings is 3. The second kappa shape index (κ2) is 8.03. The Morgan fingerprint density at radius 3 is 2.52 bits per heavy atom. The predicted molar refractivity (Wildman–Crippen MR) is 113 cm³/mol. The van der Waals surface area contributed by atoms with Crippen LogP contribution in [0.4, 0.5) is 0 Å². The zero-order chi connectivity index (χ0) is 20.4. The van der Waals surface area contributed by atoms with Crippen LogP contribution in [-0.4, -0.2) is 38.2 Å². The van der Waals surface area contributed by atoms with Crippen LogP contribution in [0.2, 0.25) is 0 Å². The van der Waals surface area contributed by atoms with E-state index < -0.39 is 0 Å². The Kier molecular flexibility index (Phi) is 5.30. The number of carbonyl (C=O) groups excluding carboxylic acids is 1. The molecule has 1 aliphatic heterocycles. The van der Waals surface area contributed by atoms with Crippen molar-refractivity contribution in [3.05, 3.63) is 65.7 Å². The number of likely N-dealkylation sites (N-methyl/N-ethyl adjacent to an activating group) is 1. The van der Waals surface area contributed by atoms with E-state index in [1.54, 1.807) is 12.0 Å². The van der Waals surface area contributed by atoms with E-state index in [1.807, 2.05) is 62.5 Å². The molecule has 5 heteroatoms. The number of carbonyl (C=O) groups is 1. The summed E-state index contributed by atoms with van der Waals surface area (Å²) in [5, 5.41) is 2.19. The summed E-state index contributed by atoms with van der Waals surface area (Å²) in [6, 6.07) is 17.9. The first-order chi connectivity index (χ1) is 14.0. The molecule has 1 heterocycles. The van der Waals surface area contributed by atoms with Crippen molar-refractivity contribution >= 4 is 16.7 Å². The van der Waals surface area contributed by atoms with Crippen molar-refractivity contribution in [2.75, 3.05) is 27.4 Å². The fourth-order valence-corrected chi connectivity index (χ4v) is 3.65. The molecule has 4 rings (SSSR count). The van der Waals surface area contributed by atoms with E-state index in [-0.39, 0.29) is 11.8 Å². The van der Waals surface area contributed by atoms with Crippen LogP contribution in [0.25, 0.3) is 10.8 Å². The molecule has 0 aliphatic carbocycles. The van der Waals surface area contributed by atoms with Crippen LogP contribution >= 0.6 is 0 Å². The van der Waals surface area contributed by atoms with Gasteiger partial charge >= 0.3 is 0 Å². The van der Waals surface area contributed by atoms with Gasteiger partial charge in [-0.1, -0.05) is 30.3 Å². The van der Waals surface area contributed by atoms with Crippen molar-refractivity contribution in [3.8, 4) is 17.2 Å². The molecule has 1 amide bonds. The molecule has 3 aromatic carbocycles. The number of hydrogen-bond acceptors (Lipinski definition) is 4. The molecule has 0 N–H and O–H groups in total. The van der Waals surface area contributed by atoms with Gasteiger partial charge in [-0.3, -0.25) is 4.79 Å². The molecule has 150 valence electrons. The van der Waals surface area contributed by atoms with Gasteiger partial charge in [-0.25, -0.2) is 0 Å². The standard InChI is InChI=1S/C24H25NO4/c1-16(18-5-6-20-14-21(27-3)8-7-19(20)13-18)24(26)25(2)15-17-4-9-22-23(12-17)29-11-10-28-22/h4-9,12-14,16H,10-11,15H2,1-3H3. The monoisotopic (exact) mass is 391 g/mol. The van der Waals surface area contributed by atoms with Gasteiger partial charge in [-0.2, -0.15) is 0 Å². The summed E-state index contributed by atoms with van der Waals surface area (Å²) < 4.78 is 16.5. The zero-order valence-corrected chi connectivity index (χ0v) is 17.0. The summed E-state index contributed by atoms with van der Waals surface area (Å²) in [7, 11) is 3.50. The van der Waals surface area contributed by atoms with E-state index in [9.17, 15) is 4.79 Å². The molecule has 0 saturated heterocycles. The fraction of sp³-hybridized carbons (Fsp3) is 0.292. The lowest BCUT2D eigenvalue weighted by Gasteiger charge is -2.23. The highest BCUT2D eigenvalue weighted by Crippen LogP contribution is 2.31. The average Bonchev–Trinajstić information content (AvgIpc) is 2.77. The number of amides is 1. The molecular weight excluding hydrogens is 366 g/mol. The second-order valence-electron chi connectivity index (χ2n) is 7.37. The molecule has 0 radical (unpaired) electrons. The highest BCUT2D eigenvalue weighted by molar-refractivity contribution is 5.88. The Hall–Kier alpha value is -3.21. The van der Waals surface area contributed by atoms with Crippen LogP contribution in [-0.2, 0) is 11.3 Å². The minimum atomic E-state index is -0.233. The van der Waals surface area contributed by atoms with Gasteiger partial charge in [0, 0.05) is 13.6 Å². The highest BCUT2D eigenvalue weighted by Gasteiger charge is 2.21. The van der Waals surface area contributed by atoms with Crippen LogP contribution in [0, 0.1) is 0 Å². The molecule has 1 aliphatic rings. The summed E-state index contributed by atoms with van der Waals surface area (Å²) >= 11 is 0. The SMILES string of the molecule is COc1ccc2cc(C(C)C(=O)N(C)Cc3ccc4c(c3)OCCO4)ccc2c1. The summed E-state index contributed by atoms with van der Waals surface area (Å²) in [6.45, 7) is 3.59. The minimum absolute atomic E-state index is 0.0766. The van der Waals surface area contributed by atoms with Crippen LogP contribution in [0.1, 0.15) is 24.0 Å². The Morgan fingerprint density at radius 1 is 1.00 bits per heavy atom. The Bertz CT molecular complexity index is 1050. The van der Waals surface area contributed by atoms with E-state index in [0.717, 1.165) is 39.1 Å². The van der Waals surface area contributed by atoms with Gasteiger partial charge < -0.3 is 19.1 Å². The molecule has 3 aromatic rings. The number of fused-ring (bicyclic) bond motifs is 2. The maximum atomic E-state index is 13.0. The van der Waals surface area contributed by atoms with E-state index >= 15 is 0 Å². The van der Waals surface area contributed by atoms with Crippen molar-refractivity contribution < 1.29 is 19.0 Å². The van der Waals surface area contributed by atoms with Gasteiger partial charge in [0.15, 0.2) is 11.5 Å². The lowest BCUT2D eigenvalue weighted by atomic mass is 9.96. The Balaban J connectivity index is 1.48. The second-order valence-corrected chi connectivity index (χ2v) is 7.37. The summed E-state index contributed by atoms with van der Waals surface area (Å²) in [5.41, 5.74) is 2.02. The van der Waals surface area contributed by atoms with Crippen molar-refractivity contribution in [1.29, 1.82) is 0 Å². The third kappa shape index (κ3) is 3.99. The summed E-state index contributed by atoms with van der Waals surface area (Å²) in [4.78, 5) is 14.8. The van der Waals surface area contributed by atoms with Crippen LogP contribution < -0.4 is 14.2 Å². The number of hydrogen-bond donors (Lipinski definition) is 0. The van der Waals surface area contributed by atoms with Crippen molar-refractivity contribution in [2.45, 2.75) is 19.4 Å². The van der Waals surface area contributed by atoms with Crippen LogP contribution in [0.15, 0.2) is 54.6 Å². The van der Waals surface area contributed by atoms with E-state index in [4.69, 9.17) is 14.2 Å². The van der Waals surface area contributed by atoms with Gasteiger partial charge in [-0.15, -0.1) is 0 Å². The quantitative estimate of drug-likeness (QED) is 0.648.